The zero-order valence-corrected chi connectivity index (χ0v) is 15.3. The maximum atomic E-state index is 12.5. The van der Waals surface area contributed by atoms with Crippen molar-refractivity contribution in [3.05, 3.63) is 35.9 Å². The molecule has 1 heterocycles. The summed E-state index contributed by atoms with van der Waals surface area (Å²) in [7, 11) is -3.17. The highest BCUT2D eigenvalue weighted by atomic mass is 32.2. The first kappa shape index (κ1) is 18.9. The van der Waals surface area contributed by atoms with Crippen LogP contribution in [0.1, 0.15) is 38.3 Å². The molecule has 2 rings (SSSR count). The average molecular weight is 353 g/mol. The molecule has 1 aromatic rings. The van der Waals surface area contributed by atoms with E-state index in [9.17, 15) is 13.2 Å². The van der Waals surface area contributed by atoms with Gasteiger partial charge in [-0.3, -0.25) is 9.69 Å². The number of carbonyl (C=O) groups excluding carboxylic acids is 1. The van der Waals surface area contributed by atoms with Gasteiger partial charge in [0.2, 0.25) is 15.9 Å². The first-order valence-electron chi connectivity index (χ1n) is 8.33. The molecule has 0 bridgehead atoms. The van der Waals surface area contributed by atoms with E-state index in [1.54, 1.807) is 0 Å². The molecule has 6 nitrogen and oxygen atoms in total. The van der Waals surface area contributed by atoms with Crippen LogP contribution >= 0.6 is 0 Å². The summed E-state index contributed by atoms with van der Waals surface area (Å²) >= 11 is 0. The van der Waals surface area contributed by atoms with Crippen molar-refractivity contribution in [3.8, 4) is 0 Å². The Labute approximate surface area is 144 Å². The fourth-order valence-electron chi connectivity index (χ4n) is 3.03. The van der Waals surface area contributed by atoms with Gasteiger partial charge in [0.05, 0.1) is 18.3 Å². The summed E-state index contributed by atoms with van der Waals surface area (Å²) in [4.78, 5) is 14.6. The van der Waals surface area contributed by atoms with Crippen LogP contribution in [0.5, 0.6) is 0 Å². The summed E-state index contributed by atoms with van der Waals surface area (Å²) in [5.74, 6) is 0.000810. The lowest BCUT2D eigenvalue weighted by atomic mass is 10.0. The number of nitrogens with zero attached hydrogens (tertiary/aromatic N) is 1. The molecular weight excluding hydrogens is 326 g/mol. The number of sulfonamides is 1. The number of piperidine rings is 1. The predicted octanol–water partition coefficient (Wildman–Crippen LogP) is 1.27. The molecule has 1 aliphatic rings. The fourth-order valence-corrected chi connectivity index (χ4v) is 3.87. The number of benzene rings is 1. The summed E-state index contributed by atoms with van der Waals surface area (Å²) in [6, 6.07) is 9.57. The highest BCUT2D eigenvalue weighted by Crippen LogP contribution is 2.16. The third kappa shape index (κ3) is 5.58. The van der Waals surface area contributed by atoms with Gasteiger partial charge in [-0.1, -0.05) is 30.3 Å². The van der Waals surface area contributed by atoms with Gasteiger partial charge in [-0.25, -0.2) is 13.1 Å². The number of nitrogens with one attached hydrogen (secondary N) is 2. The van der Waals surface area contributed by atoms with E-state index in [2.05, 4.69) is 14.9 Å². The third-order valence-corrected chi connectivity index (χ3v) is 5.26. The second-order valence-electron chi connectivity index (χ2n) is 6.52. The molecule has 1 fully saturated rings. The molecular formula is C17H27N3O3S. The van der Waals surface area contributed by atoms with Gasteiger partial charge in [0.25, 0.3) is 0 Å². The second kappa shape index (κ2) is 8.09. The van der Waals surface area contributed by atoms with Crippen molar-refractivity contribution in [2.75, 3.05) is 19.3 Å². The molecule has 1 aromatic carbocycles. The molecule has 2 unspecified atom stereocenters. The Morgan fingerprint density at radius 2 is 1.75 bits per heavy atom. The molecule has 1 saturated heterocycles. The monoisotopic (exact) mass is 353 g/mol. The molecule has 0 aliphatic carbocycles. The van der Waals surface area contributed by atoms with Crippen LogP contribution in [0.3, 0.4) is 0 Å². The van der Waals surface area contributed by atoms with E-state index in [4.69, 9.17) is 0 Å². The zero-order chi connectivity index (χ0) is 17.7. The lowest BCUT2D eigenvalue weighted by molar-refractivity contribution is -0.127. The van der Waals surface area contributed by atoms with Gasteiger partial charge >= 0.3 is 0 Å². The van der Waals surface area contributed by atoms with Gasteiger partial charge in [0.15, 0.2) is 0 Å². The molecule has 0 aromatic heterocycles. The quantitative estimate of drug-likeness (QED) is 0.807. The van der Waals surface area contributed by atoms with E-state index in [0.717, 1.165) is 18.4 Å². The Morgan fingerprint density at radius 1 is 1.17 bits per heavy atom. The van der Waals surface area contributed by atoms with E-state index in [0.29, 0.717) is 13.1 Å². The molecule has 1 amide bonds. The maximum Gasteiger partial charge on any atom is 0.237 e. The van der Waals surface area contributed by atoms with Gasteiger partial charge in [0, 0.05) is 19.1 Å². The number of amides is 1. The largest absolute Gasteiger partial charge is 0.348 e. The van der Waals surface area contributed by atoms with Crippen molar-refractivity contribution in [2.24, 2.45) is 0 Å². The molecule has 24 heavy (non-hydrogen) atoms. The summed E-state index contributed by atoms with van der Waals surface area (Å²) in [6.45, 7) is 5.29. The number of carbonyl (C=O) groups is 1. The zero-order valence-electron chi connectivity index (χ0n) is 14.5. The number of likely N-dealkylation sites (tertiary alicyclic amines) is 1. The Morgan fingerprint density at radius 3 is 2.29 bits per heavy atom. The van der Waals surface area contributed by atoms with Gasteiger partial charge < -0.3 is 5.32 Å². The van der Waals surface area contributed by atoms with Crippen LogP contribution in [0.4, 0.5) is 0 Å². The van der Waals surface area contributed by atoms with Crippen LogP contribution in [0.2, 0.25) is 0 Å². The molecule has 7 heteroatoms. The Bertz CT molecular complexity index is 640. The molecule has 2 atom stereocenters. The number of rotatable bonds is 6. The summed E-state index contributed by atoms with van der Waals surface area (Å²) < 4.78 is 25.2. The number of hydrogen-bond donors (Lipinski definition) is 2. The van der Waals surface area contributed by atoms with Crippen molar-refractivity contribution in [1.29, 1.82) is 0 Å². The third-order valence-electron chi connectivity index (χ3n) is 4.50. The van der Waals surface area contributed by atoms with Crippen LogP contribution in [0, 0.1) is 0 Å². The summed E-state index contributed by atoms with van der Waals surface area (Å²) in [5, 5.41) is 3.05. The van der Waals surface area contributed by atoms with Crippen molar-refractivity contribution >= 4 is 15.9 Å². The molecule has 0 radical (unpaired) electrons. The first-order chi connectivity index (χ1) is 11.3. The SMILES string of the molecule is CC(NC(=O)C(C)N1CCC(NS(C)(=O)=O)CC1)c1ccccc1. The standard InChI is InChI=1S/C17H27N3O3S/c1-13(15-7-5-4-6-8-15)18-17(21)14(2)20-11-9-16(10-12-20)19-24(3,22)23/h4-8,13-14,16,19H,9-12H2,1-3H3,(H,18,21). The van der Waals surface area contributed by atoms with Crippen LogP contribution in [0.15, 0.2) is 30.3 Å². The smallest absolute Gasteiger partial charge is 0.237 e. The van der Waals surface area contributed by atoms with Crippen LogP contribution in [-0.4, -0.2) is 50.7 Å². The van der Waals surface area contributed by atoms with Gasteiger partial charge in [-0.2, -0.15) is 0 Å². The predicted molar refractivity (Wildman–Crippen MR) is 95.0 cm³/mol. The fraction of sp³-hybridized carbons (Fsp3) is 0.588. The second-order valence-corrected chi connectivity index (χ2v) is 8.30. The maximum absolute atomic E-state index is 12.5. The first-order valence-corrected chi connectivity index (χ1v) is 10.2. The minimum absolute atomic E-state index is 0.000810. The van der Waals surface area contributed by atoms with Crippen molar-refractivity contribution in [3.63, 3.8) is 0 Å². The topological polar surface area (TPSA) is 78.5 Å². The van der Waals surface area contributed by atoms with Crippen LogP contribution < -0.4 is 10.0 Å². The highest BCUT2D eigenvalue weighted by Gasteiger charge is 2.28. The lowest BCUT2D eigenvalue weighted by Crippen LogP contribution is -2.51. The van der Waals surface area contributed by atoms with E-state index >= 15 is 0 Å². The van der Waals surface area contributed by atoms with Gasteiger partial charge in [-0.05, 0) is 32.3 Å². The highest BCUT2D eigenvalue weighted by molar-refractivity contribution is 7.88. The lowest BCUT2D eigenvalue weighted by Gasteiger charge is -2.35. The van der Waals surface area contributed by atoms with E-state index in [-0.39, 0.29) is 24.0 Å². The Kier molecular flexibility index (Phi) is 6.37. The van der Waals surface area contributed by atoms with Gasteiger partial charge in [-0.15, -0.1) is 0 Å². The molecule has 1 aliphatic heterocycles. The van der Waals surface area contributed by atoms with Crippen molar-refractivity contribution in [1.82, 2.24) is 14.9 Å². The summed E-state index contributed by atoms with van der Waals surface area (Å²) in [5.41, 5.74) is 1.08. The minimum Gasteiger partial charge on any atom is -0.348 e. The normalized spacial score (nSPS) is 19.6. The van der Waals surface area contributed by atoms with E-state index < -0.39 is 10.0 Å². The average Bonchev–Trinajstić information content (AvgIpc) is 2.54. The Hall–Kier alpha value is -1.44. The van der Waals surface area contributed by atoms with Crippen LogP contribution in [-0.2, 0) is 14.8 Å². The van der Waals surface area contributed by atoms with Crippen LogP contribution in [0.25, 0.3) is 0 Å². The van der Waals surface area contributed by atoms with Gasteiger partial charge in [0.1, 0.15) is 0 Å². The Balaban J connectivity index is 1.84. The molecule has 134 valence electrons. The van der Waals surface area contributed by atoms with Crippen molar-refractivity contribution in [2.45, 2.75) is 44.8 Å². The van der Waals surface area contributed by atoms with E-state index in [1.807, 2.05) is 44.2 Å². The molecule has 2 N–H and O–H groups in total. The minimum atomic E-state index is -3.17. The molecule has 0 spiro atoms. The molecule has 0 saturated carbocycles. The van der Waals surface area contributed by atoms with E-state index in [1.165, 1.54) is 6.26 Å². The summed E-state index contributed by atoms with van der Waals surface area (Å²) in [6.07, 6.45) is 2.62. The van der Waals surface area contributed by atoms with Crippen molar-refractivity contribution < 1.29 is 13.2 Å². The number of hydrogen-bond acceptors (Lipinski definition) is 4.